The highest BCUT2D eigenvalue weighted by molar-refractivity contribution is 9.10. The van der Waals surface area contributed by atoms with E-state index in [1.165, 1.54) is 6.07 Å². The Kier molecular flexibility index (Phi) is 4.76. The van der Waals surface area contributed by atoms with Crippen LogP contribution in [0, 0.1) is 11.2 Å². The zero-order valence-corrected chi connectivity index (χ0v) is 12.2. The Morgan fingerprint density at radius 2 is 2.11 bits per heavy atom. The zero-order chi connectivity index (χ0) is 13.0. The molecule has 0 spiro atoms. The Morgan fingerprint density at radius 3 is 2.83 bits per heavy atom. The molecule has 1 N–H and O–H groups in total. The monoisotopic (exact) mass is 315 g/mol. The van der Waals surface area contributed by atoms with Gasteiger partial charge in [-0.1, -0.05) is 22.9 Å². The largest absolute Gasteiger partial charge is 0.381 e. The number of benzene rings is 1. The molecule has 1 heterocycles. The van der Waals surface area contributed by atoms with Gasteiger partial charge in [0.2, 0.25) is 0 Å². The van der Waals surface area contributed by atoms with E-state index in [1.807, 2.05) is 6.07 Å². The van der Waals surface area contributed by atoms with Crippen molar-refractivity contribution < 1.29 is 9.13 Å². The molecule has 0 unspecified atom stereocenters. The first-order valence-corrected chi connectivity index (χ1v) is 7.11. The maximum Gasteiger partial charge on any atom is 0.127 e. The van der Waals surface area contributed by atoms with Crippen molar-refractivity contribution in [2.45, 2.75) is 26.3 Å². The average molecular weight is 316 g/mol. The van der Waals surface area contributed by atoms with Crippen LogP contribution >= 0.6 is 15.9 Å². The molecule has 0 saturated carbocycles. The van der Waals surface area contributed by atoms with E-state index in [0.29, 0.717) is 12.1 Å². The van der Waals surface area contributed by atoms with Crippen LogP contribution in [0.5, 0.6) is 0 Å². The molecular weight excluding hydrogens is 297 g/mol. The standard InChI is InChI=1S/C14H19BrFNO/c1-14(4-6-18-7-5-14)10-17-9-11-8-12(15)2-3-13(11)16/h2-3,8,17H,4-7,9-10H2,1H3. The number of nitrogens with one attached hydrogen (secondary N) is 1. The highest BCUT2D eigenvalue weighted by Gasteiger charge is 2.26. The van der Waals surface area contributed by atoms with Crippen LogP contribution in [0.2, 0.25) is 0 Å². The number of rotatable bonds is 4. The van der Waals surface area contributed by atoms with Crippen LogP contribution < -0.4 is 5.32 Å². The summed E-state index contributed by atoms with van der Waals surface area (Å²) >= 11 is 3.36. The van der Waals surface area contributed by atoms with Gasteiger partial charge in [0.05, 0.1) is 0 Å². The lowest BCUT2D eigenvalue weighted by Crippen LogP contribution is -2.36. The summed E-state index contributed by atoms with van der Waals surface area (Å²) < 4.78 is 19.8. The maximum atomic E-state index is 13.5. The minimum absolute atomic E-state index is 0.150. The molecule has 1 aliphatic heterocycles. The third-order valence-electron chi connectivity index (χ3n) is 3.57. The highest BCUT2D eigenvalue weighted by Crippen LogP contribution is 2.28. The predicted octanol–water partition coefficient (Wildman–Crippen LogP) is 3.49. The van der Waals surface area contributed by atoms with Gasteiger partial charge in [-0.25, -0.2) is 4.39 Å². The lowest BCUT2D eigenvalue weighted by atomic mass is 9.82. The van der Waals surface area contributed by atoms with Crippen molar-refractivity contribution in [3.63, 3.8) is 0 Å². The van der Waals surface area contributed by atoms with Crippen LogP contribution in [0.15, 0.2) is 22.7 Å². The second-order valence-electron chi connectivity index (χ2n) is 5.26. The second kappa shape index (κ2) is 6.13. The van der Waals surface area contributed by atoms with Gasteiger partial charge in [-0.2, -0.15) is 0 Å². The van der Waals surface area contributed by atoms with Crippen LogP contribution in [-0.2, 0) is 11.3 Å². The van der Waals surface area contributed by atoms with Gasteiger partial charge < -0.3 is 10.1 Å². The van der Waals surface area contributed by atoms with E-state index in [2.05, 4.69) is 28.2 Å². The molecule has 1 saturated heterocycles. The summed E-state index contributed by atoms with van der Waals surface area (Å²) in [6, 6.07) is 5.05. The minimum Gasteiger partial charge on any atom is -0.381 e. The molecule has 2 nitrogen and oxygen atoms in total. The Morgan fingerprint density at radius 1 is 1.39 bits per heavy atom. The summed E-state index contributed by atoms with van der Waals surface area (Å²) in [5.41, 5.74) is 0.987. The highest BCUT2D eigenvalue weighted by atomic mass is 79.9. The lowest BCUT2D eigenvalue weighted by molar-refractivity contribution is 0.0240. The zero-order valence-electron chi connectivity index (χ0n) is 10.6. The molecule has 4 heteroatoms. The molecule has 2 rings (SSSR count). The fourth-order valence-corrected chi connectivity index (χ4v) is 2.63. The molecule has 100 valence electrons. The van der Waals surface area contributed by atoms with Gasteiger partial charge in [0.25, 0.3) is 0 Å². The molecular formula is C14H19BrFNO. The first-order valence-electron chi connectivity index (χ1n) is 6.31. The first-order chi connectivity index (χ1) is 8.59. The smallest absolute Gasteiger partial charge is 0.127 e. The summed E-state index contributed by atoms with van der Waals surface area (Å²) in [5.74, 6) is -0.150. The van der Waals surface area contributed by atoms with Crippen LogP contribution in [-0.4, -0.2) is 19.8 Å². The van der Waals surface area contributed by atoms with Crippen LogP contribution in [0.4, 0.5) is 4.39 Å². The topological polar surface area (TPSA) is 21.3 Å². The first kappa shape index (κ1) is 14.0. The van der Waals surface area contributed by atoms with Crippen molar-refractivity contribution >= 4 is 15.9 Å². The Hall–Kier alpha value is -0.450. The SMILES string of the molecule is CC1(CNCc2cc(Br)ccc2F)CCOCC1. The van der Waals surface area contributed by atoms with E-state index in [1.54, 1.807) is 6.07 Å². The van der Waals surface area contributed by atoms with Crippen molar-refractivity contribution in [3.05, 3.63) is 34.1 Å². The van der Waals surface area contributed by atoms with E-state index in [-0.39, 0.29) is 11.2 Å². The minimum atomic E-state index is -0.150. The molecule has 0 radical (unpaired) electrons. The normalized spacial score (nSPS) is 18.8. The second-order valence-corrected chi connectivity index (χ2v) is 6.18. The molecule has 0 atom stereocenters. The molecule has 0 bridgehead atoms. The number of ether oxygens (including phenoxy) is 1. The van der Waals surface area contributed by atoms with Crippen molar-refractivity contribution in [2.75, 3.05) is 19.8 Å². The summed E-state index contributed by atoms with van der Waals surface area (Å²) in [7, 11) is 0. The quantitative estimate of drug-likeness (QED) is 0.918. The third-order valence-corrected chi connectivity index (χ3v) is 4.07. The van der Waals surface area contributed by atoms with Gasteiger partial charge in [0.1, 0.15) is 5.82 Å². The van der Waals surface area contributed by atoms with Crippen molar-refractivity contribution in [3.8, 4) is 0 Å². The molecule has 0 aliphatic carbocycles. The fourth-order valence-electron chi connectivity index (χ4n) is 2.22. The molecule has 1 aromatic rings. The molecule has 18 heavy (non-hydrogen) atoms. The summed E-state index contributed by atoms with van der Waals surface area (Å²) in [4.78, 5) is 0. The fraction of sp³-hybridized carbons (Fsp3) is 0.571. The van der Waals surface area contributed by atoms with Crippen LogP contribution in [0.25, 0.3) is 0 Å². The van der Waals surface area contributed by atoms with E-state index in [0.717, 1.165) is 37.1 Å². The number of hydrogen-bond acceptors (Lipinski definition) is 2. The third kappa shape index (κ3) is 3.77. The summed E-state index contributed by atoms with van der Waals surface area (Å²) in [5, 5.41) is 3.36. The molecule has 1 aliphatic rings. The van der Waals surface area contributed by atoms with E-state index in [9.17, 15) is 4.39 Å². The summed E-state index contributed by atoms with van der Waals surface area (Å²) in [6.45, 7) is 5.41. The van der Waals surface area contributed by atoms with Crippen LogP contribution in [0.3, 0.4) is 0 Å². The van der Waals surface area contributed by atoms with E-state index >= 15 is 0 Å². The van der Waals surface area contributed by atoms with Gasteiger partial charge in [-0.15, -0.1) is 0 Å². The Labute approximate surface area is 116 Å². The van der Waals surface area contributed by atoms with E-state index < -0.39 is 0 Å². The number of halogens is 2. The van der Waals surface area contributed by atoms with Crippen molar-refractivity contribution in [1.29, 1.82) is 0 Å². The molecule has 1 aromatic carbocycles. The predicted molar refractivity (Wildman–Crippen MR) is 74.0 cm³/mol. The van der Waals surface area contributed by atoms with Crippen LogP contribution in [0.1, 0.15) is 25.3 Å². The molecule has 1 fully saturated rings. The van der Waals surface area contributed by atoms with Gasteiger partial charge in [0.15, 0.2) is 0 Å². The van der Waals surface area contributed by atoms with Crippen molar-refractivity contribution in [1.82, 2.24) is 5.32 Å². The van der Waals surface area contributed by atoms with Gasteiger partial charge in [-0.3, -0.25) is 0 Å². The van der Waals surface area contributed by atoms with Gasteiger partial charge in [0, 0.05) is 36.3 Å². The maximum absolute atomic E-state index is 13.5. The van der Waals surface area contributed by atoms with Gasteiger partial charge >= 0.3 is 0 Å². The molecule has 0 amide bonds. The van der Waals surface area contributed by atoms with Gasteiger partial charge in [-0.05, 0) is 36.5 Å². The number of hydrogen-bond donors (Lipinski definition) is 1. The Bertz CT molecular complexity index is 405. The van der Waals surface area contributed by atoms with Crippen molar-refractivity contribution in [2.24, 2.45) is 5.41 Å². The average Bonchev–Trinajstić information content (AvgIpc) is 2.34. The lowest BCUT2D eigenvalue weighted by Gasteiger charge is -2.33. The Balaban J connectivity index is 1.86. The molecule has 0 aromatic heterocycles. The van der Waals surface area contributed by atoms with E-state index in [4.69, 9.17) is 4.74 Å². The summed E-state index contributed by atoms with van der Waals surface area (Å²) in [6.07, 6.45) is 2.14.